The first-order valence-electron chi connectivity index (χ1n) is 4.69. The molecule has 1 aromatic rings. The highest BCUT2D eigenvalue weighted by Gasteiger charge is 2.39. The van der Waals surface area contributed by atoms with Crippen molar-refractivity contribution in [3.8, 4) is 0 Å². The Hall–Kier alpha value is -1.91. The zero-order chi connectivity index (χ0) is 12.2. The average molecular weight is 225 g/mol. The molecule has 0 bridgehead atoms. The van der Waals surface area contributed by atoms with Crippen molar-refractivity contribution in [2.24, 2.45) is 0 Å². The van der Waals surface area contributed by atoms with Gasteiger partial charge in [-0.1, -0.05) is 30.3 Å². The summed E-state index contributed by atoms with van der Waals surface area (Å²) in [5.74, 6) is -5.18. The molecule has 0 heterocycles. The predicted octanol–water partition coefficient (Wildman–Crippen LogP) is 1.12. The maximum absolute atomic E-state index is 13.9. The lowest BCUT2D eigenvalue weighted by Crippen LogP contribution is -2.51. The van der Waals surface area contributed by atoms with Gasteiger partial charge in [0, 0.05) is 13.3 Å². The number of benzene rings is 1. The van der Waals surface area contributed by atoms with Crippen LogP contribution in [0.2, 0.25) is 0 Å². The van der Waals surface area contributed by atoms with Crippen molar-refractivity contribution in [1.29, 1.82) is 0 Å². The summed E-state index contributed by atoms with van der Waals surface area (Å²) >= 11 is 0. The van der Waals surface area contributed by atoms with Gasteiger partial charge in [0.25, 0.3) is 5.79 Å². The second-order valence-electron chi connectivity index (χ2n) is 3.45. The highest BCUT2D eigenvalue weighted by molar-refractivity contribution is 5.84. The number of carbonyl (C=O) groups excluding carboxylic acids is 1. The van der Waals surface area contributed by atoms with E-state index in [1.165, 1.54) is 0 Å². The molecule has 1 amide bonds. The summed E-state index contributed by atoms with van der Waals surface area (Å²) in [6.07, 6.45) is -0.400. The zero-order valence-electron chi connectivity index (χ0n) is 8.74. The topological polar surface area (TPSA) is 66.4 Å². The van der Waals surface area contributed by atoms with Crippen LogP contribution in [0.4, 0.5) is 4.39 Å². The van der Waals surface area contributed by atoms with E-state index < -0.39 is 24.1 Å². The number of halogens is 1. The van der Waals surface area contributed by atoms with E-state index in [1.54, 1.807) is 35.6 Å². The Morgan fingerprint density at radius 1 is 1.38 bits per heavy atom. The number of rotatable bonds is 4. The van der Waals surface area contributed by atoms with E-state index >= 15 is 0 Å². The van der Waals surface area contributed by atoms with E-state index in [1.807, 2.05) is 0 Å². The molecule has 0 radical (unpaired) electrons. The van der Waals surface area contributed by atoms with E-state index in [-0.39, 0.29) is 0 Å². The average Bonchev–Trinajstić information content (AvgIpc) is 2.17. The van der Waals surface area contributed by atoms with Crippen molar-refractivity contribution in [3.63, 3.8) is 0 Å². The molecule has 0 saturated carbocycles. The summed E-state index contributed by atoms with van der Waals surface area (Å²) in [5, 5.41) is 10.6. The van der Waals surface area contributed by atoms with Gasteiger partial charge in [0.05, 0.1) is 0 Å². The molecular formula is C11H12FNO3. The number of nitrogens with one attached hydrogen (secondary N) is 1. The molecule has 1 atom stereocenters. The predicted molar refractivity (Wildman–Crippen MR) is 55.4 cm³/mol. The van der Waals surface area contributed by atoms with E-state index in [0.717, 1.165) is 6.92 Å². The number of hydrogen-bond acceptors (Lipinski definition) is 2. The second kappa shape index (κ2) is 4.74. The molecule has 0 aromatic heterocycles. The fourth-order valence-electron chi connectivity index (χ4n) is 1.33. The van der Waals surface area contributed by atoms with Crippen LogP contribution >= 0.6 is 0 Å². The maximum atomic E-state index is 13.9. The van der Waals surface area contributed by atoms with Crippen LogP contribution < -0.4 is 5.32 Å². The molecule has 4 nitrogen and oxygen atoms in total. The van der Waals surface area contributed by atoms with Crippen molar-refractivity contribution in [2.45, 2.75) is 19.1 Å². The fourth-order valence-corrected chi connectivity index (χ4v) is 1.33. The zero-order valence-corrected chi connectivity index (χ0v) is 8.74. The normalized spacial score (nSPS) is 13.9. The van der Waals surface area contributed by atoms with Crippen LogP contribution in [0.3, 0.4) is 0 Å². The minimum absolute atomic E-state index is 0.400. The molecule has 0 aliphatic rings. The molecule has 0 aliphatic carbocycles. The van der Waals surface area contributed by atoms with Gasteiger partial charge in [0.2, 0.25) is 5.91 Å². The first kappa shape index (κ1) is 12.2. The first-order chi connectivity index (χ1) is 7.44. The summed E-state index contributed by atoms with van der Waals surface area (Å²) in [6, 6.07) is 8.28. The van der Waals surface area contributed by atoms with Crippen LogP contribution in [0, 0.1) is 0 Å². The molecular weight excluding hydrogens is 213 g/mol. The molecule has 1 aromatic carbocycles. The van der Waals surface area contributed by atoms with Gasteiger partial charge in [-0.3, -0.25) is 4.79 Å². The lowest BCUT2D eigenvalue weighted by molar-refractivity contribution is -0.156. The highest BCUT2D eigenvalue weighted by Crippen LogP contribution is 2.15. The van der Waals surface area contributed by atoms with Gasteiger partial charge in [-0.25, -0.2) is 9.18 Å². The minimum atomic E-state index is -2.76. The third-order valence-electron chi connectivity index (χ3n) is 2.00. The maximum Gasteiger partial charge on any atom is 0.363 e. The summed E-state index contributed by atoms with van der Waals surface area (Å²) in [6.45, 7) is 1.07. The molecule has 0 saturated heterocycles. The van der Waals surface area contributed by atoms with E-state index in [9.17, 15) is 14.0 Å². The van der Waals surface area contributed by atoms with Crippen LogP contribution in [-0.4, -0.2) is 22.8 Å². The number of carboxylic acids is 1. The fraction of sp³-hybridized carbons (Fsp3) is 0.273. The number of alkyl halides is 1. The van der Waals surface area contributed by atoms with Gasteiger partial charge in [0.15, 0.2) is 0 Å². The lowest BCUT2D eigenvalue weighted by atomic mass is 10.0. The monoisotopic (exact) mass is 225 g/mol. The number of carboxylic acid groups (broad SMARTS) is 1. The molecule has 2 N–H and O–H groups in total. The largest absolute Gasteiger partial charge is 0.477 e. The lowest BCUT2D eigenvalue weighted by Gasteiger charge is -2.21. The molecule has 1 rings (SSSR count). The van der Waals surface area contributed by atoms with Crippen LogP contribution in [0.1, 0.15) is 12.5 Å². The SMILES string of the molecule is CC(=O)N[C@@](F)(Cc1ccccc1)C(=O)O. The number of carbonyl (C=O) groups is 2. The number of hydrogen-bond donors (Lipinski definition) is 2. The Bertz CT molecular complexity index is 393. The van der Waals surface area contributed by atoms with Crippen molar-refractivity contribution in [3.05, 3.63) is 35.9 Å². The van der Waals surface area contributed by atoms with Gasteiger partial charge in [-0.2, -0.15) is 0 Å². The van der Waals surface area contributed by atoms with E-state index in [0.29, 0.717) is 5.56 Å². The third kappa shape index (κ3) is 3.05. The number of amides is 1. The number of aliphatic carboxylic acids is 1. The molecule has 0 fully saturated rings. The summed E-state index contributed by atoms with van der Waals surface area (Å²) in [4.78, 5) is 21.5. The second-order valence-corrected chi connectivity index (χ2v) is 3.45. The molecule has 0 unspecified atom stereocenters. The quantitative estimate of drug-likeness (QED) is 0.754. The third-order valence-corrected chi connectivity index (χ3v) is 2.00. The van der Waals surface area contributed by atoms with E-state index in [2.05, 4.69) is 0 Å². The molecule has 5 heteroatoms. The molecule has 16 heavy (non-hydrogen) atoms. The summed E-state index contributed by atoms with van der Waals surface area (Å²) in [7, 11) is 0. The Kier molecular flexibility index (Phi) is 3.60. The van der Waals surface area contributed by atoms with Gasteiger partial charge >= 0.3 is 5.97 Å². The molecule has 86 valence electrons. The van der Waals surface area contributed by atoms with Crippen molar-refractivity contribution in [1.82, 2.24) is 5.32 Å². The van der Waals surface area contributed by atoms with Gasteiger partial charge in [-0.15, -0.1) is 0 Å². The summed E-state index contributed by atoms with van der Waals surface area (Å²) in [5.41, 5.74) is 0.501. The smallest absolute Gasteiger partial charge is 0.363 e. The van der Waals surface area contributed by atoms with Gasteiger partial charge in [0.1, 0.15) is 0 Å². The Morgan fingerprint density at radius 2 is 1.94 bits per heavy atom. The highest BCUT2D eigenvalue weighted by atomic mass is 19.1. The Morgan fingerprint density at radius 3 is 2.38 bits per heavy atom. The van der Waals surface area contributed by atoms with Crippen molar-refractivity contribution < 1.29 is 19.1 Å². The van der Waals surface area contributed by atoms with Crippen LogP contribution in [-0.2, 0) is 16.0 Å². The summed E-state index contributed by atoms with van der Waals surface area (Å²) < 4.78 is 13.9. The van der Waals surface area contributed by atoms with Crippen LogP contribution in [0.15, 0.2) is 30.3 Å². The van der Waals surface area contributed by atoms with Crippen molar-refractivity contribution >= 4 is 11.9 Å². The first-order valence-corrected chi connectivity index (χ1v) is 4.69. The van der Waals surface area contributed by atoms with Crippen molar-refractivity contribution in [2.75, 3.05) is 0 Å². The van der Waals surface area contributed by atoms with Gasteiger partial charge < -0.3 is 10.4 Å². The van der Waals surface area contributed by atoms with Crippen LogP contribution in [0.25, 0.3) is 0 Å². The molecule has 0 spiro atoms. The Labute approximate surface area is 92.1 Å². The molecule has 0 aliphatic heterocycles. The standard InChI is InChI=1S/C11H12FNO3/c1-8(14)13-11(12,10(15)16)7-9-5-3-2-4-6-9/h2-6H,7H2,1H3,(H,13,14)(H,15,16)/t11-/m0/s1. The van der Waals surface area contributed by atoms with Crippen LogP contribution in [0.5, 0.6) is 0 Å². The Balaban J connectivity index is 2.87. The van der Waals surface area contributed by atoms with Gasteiger partial charge in [-0.05, 0) is 5.56 Å². The minimum Gasteiger partial charge on any atom is -0.477 e. The van der Waals surface area contributed by atoms with E-state index in [4.69, 9.17) is 5.11 Å².